The van der Waals surface area contributed by atoms with Crippen molar-refractivity contribution in [2.75, 3.05) is 7.11 Å². The molecule has 1 heterocycles. The van der Waals surface area contributed by atoms with E-state index in [1.54, 1.807) is 7.11 Å². The lowest BCUT2D eigenvalue weighted by Crippen LogP contribution is -2.23. The fourth-order valence-electron chi connectivity index (χ4n) is 2.94. The summed E-state index contributed by atoms with van der Waals surface area (Å²) in [5.74, 6) is 0.361. The molecule has 25 heavy (non-hydrogen) atoms. The third-order valence-corrected chi connectivity index (χ3v) is 5.54. The van der Waals surface area contributed by atoms with Gasteiger partial charge >= 0.3 is 0 Å². The molecule has 0 aliphatic carbocycles. The van der Waals surface area contributed by atoms with E-state index in [0.717, 1.165) is 16.9 Å². The van der Waals surface area contributed by atoms with Gasteiger partial charge in [-0.2, -0.15) is 5.26 Å². The Morgan fingerprint density at radius 2 is 1.80 bits per heavy atom. The first kappa shape index (κ1) is 17.1. The van der Waals surface area contributed by atoms with Crippen molar-refractivity contribution in [1.29, 1.82) is 5.26 Å². The fourth-order valence-corrected chi connectivity index (χ4v) is 4.18. The average Bonchev–Trinajstić information content (AvgIpc) is 2.98. The van der Waals surface area contributed by atoms with Crippen molar-refractivity contribution < 1.29 is 9.53 Å². The number of nitriles is 1. The Morgan fingerprint density at radius 1 is 1.16 bits per heavy atom. The zero-order chi connectivity index (χ0) is 18.0. The molecular formula is C20H18N2O2S. The Labute approximate surface area is 151 Å². The molecule has 0 saturated carbocycles. The predicted molar refractivity (Wildman–Crippen MR) is 99.4 cm³/mol. The van der Waals surface area contributed by atoms with Crippen LogP contribution in [0.15, 0.2) is 59.1 Å². The molecule has 4 nitrogen and oxygen atoms in total. The molecule has 0 fully saturated rings. The molecule has 0 saturated heterocycles. The van der Waals surface area contributed by atoms with Crippen LogP contribution < -0.4 is 10.5 Å². The van der Waals surface area contributed by atoms with Crippen LogP contribution >= 0.6 is 11.8 Å². The molecule has 0 radical (unpaired) electrons. The topological polar surface area (TPSA) is 76.1 Å². The molecule has 1 aliphatic heterocycles. The number of thioether (sulfide) groups is 1. The molecule has 3 rings (SSSR count). The van der Waals surface area contributed by atoms with Crippen molar-refractivity contribution in [3.63, 3.8) is 0 Å². The Bertz CT molecular complexity index is 864. The summed E-state index contributed by atoms with van der Waals surface area (Å²) in [6.45, 7) is 1.98. The summed E-state index contributed by atoms with van der Waals surface area (Å²) in [7, 11) is 1.60. The molecule has 0 spiro atoms. The summed E-state index contributed by atoms with van der Waals surface area (Å²) in [6.07, 6.45) is 0. The highest BCUT2D eigenvalue weighted by molar-refractivity contribution is 8.04. The minimum absolute atomic E-state index is 0.0148. The van der Waals surface area contributed by atoms with Gasteiger partial charge in [-0.15, -0.1) is 0 Å². The van der Waals surface area contributed by atoms with Crippen LogP contribution in [0, 0.1) is 18.3 Å². The molecule has 126 valence electrons. The number of allylic oxidation sites excluding steroid dienone is 1. The van der Waals surface area contributed by atoms with Crippen molar-refractivity contribution >= 4 is 17.5 Å². The van der Waals surface area contributed by atoms with Gasteiger partial charge in [0.15, 0.2) is 5.78 Å². The maximum absolute atomic E-state index is 13.0. The van der Waals surface area contributed by atoms with Gasteiger partial charge in [0.1, 0.15) is 5.75 Å². The quantitative estimate of drug-likeness (QED) is 0.849. The van der Waals surface area contributed by atoms with Gasteiger partial charge in [-0.05, 0) is 24.6 Å². The number of ether oxygens (including phenoxy) is 1. The average molecular weight is 350 g/mol. The molecule has 5 heteroatoms. The maximum Gasteiger partial charge on any atom is 0.177 e. The lowest BCUT2D eigenvalue weighted by Gasteiger charge is -2.19. The van der Waals surface area contributed by atoms with Crippen molar-refractivity contribution in [2.24, 2.45) is 5.73 Å². The standard InChI is InChI=1S/C20H18N2O2S/c1-12-3-5-14(6-4-12)18(23)19-17(16(11-21)20(22)25-19)13-7-9-15(24-2)10-8-13/h3-10,17,19H,22H2,1-2H3. The second-order valence-corrected chi connectivity index (χ2v) is 7.09. The molecule has 0 amide bonds. The first-order valence-corrected chi connectivity index (χ1v) is 8.74. The highest BCUT2D eigenvalue weighted by atomic mass is 32.2. The first-order valence-electron chi connectivity index (χ1n) is 7.86. The summed E-state index contributed by atoms with van der Waals surface area (Å²) < 4.78 is 5.19. The number of aryl methyl sites for hydroxylation is 1. The van der Waals surface area contributed by atoms with Gasteiger partial charge in [0, 0.05) is 11.5 Å². The molecule has 0 aromatic heterocycles. The van der Waals surface area contributed by atoms with Gasteiger partial charge in [-0.3, -0.25) is 4.79 Å². The van der Waals surface area contributed by atoms with E-state index in [4.69, 9.17) is 10.5 Å². The normalized spacial score (nSPS) is 19.6. The van der Waals surface area contributed by atoms with Gasteiger partial charge in [-0.25, -0.2) is 0 Å². The van der Waals surface area contributed by atoms with Crippen molar-refractivity contribution in [1.82, 2.24) is 0 Å². The summed E-state index contributed by atoms with van der Waals surface area (Å²) in [5.41, 5.74) is 9.12. The highest BCUT2D eigenvalue weighted by Gasteiger charge is 2.40. The highest BCUT2D eigenvalue weighted by Crippen LogP contribution is 2.46. The van der Waals surface area contributed by atoms with Gasteiger partial charge < -0.3 is 10.5 Å². The van der Waals surface area contributed by atoms with Crippen molar-refractivity contribution in [3.05, 3.63) is 75.8 Å². The number of ketones is 1. The number of nitrogens with zero attached hydrogens (tertiary/aromatic N) is 1. The van der Waals surface area contributed by atoms with Crippen molar-refractivity contribution in [3.8, 4) is 11.8 Å². The molecule has 2 unspecified atom stereocenters. The zero-order valence-corrected chi connectivity index (χ0v) is 14.8. The van der Waals surface area contributed by atoms with Crippen LogP contribution in [0.2, 0.25) is 0 Å². The number of methoxy groups -OCH3 is 1. The summed E-state index contributed by atoms with van der Waals surface area (Å²) in [4.78, 5) is 13.0. The lowest BCUT2D eigenvalue weighted by molar-refractivity contribution is 0.0985. The number of benzene rings is 2. The molecule has 0 bridgehead atoms. The first-order chi connectivity index (χ1) is 12.0. The monoisotopic (exact) mass is 350 g/mol. The number of hydrogen-bond donors (Lipinski definition) is 1. The van der Waals surface area contributed by atoms with E-state index in [2.05, 4.69) is 6.07 Å². The Kier molecular flexibility index (Phi) is 4.82. The Morgan fingerprint density at radius 3 is 2.36 bits per heavy atom. The van der Waals surface area contributed by atoms with Crippen LogP contribution in [0.4, 0.5) is 0 Å². The second-order valence-electron chi connectivity index (χ2n) is 5.91. The van der Waals surface area contributed by atoms with Crippen LogP contribution in [0.5, 0.6) is 5.75 Å². The smallest absolute Gasteiger partial charge is 0.177 e. The molecule has 2 aromatic rings. The second kappa shape index (κ2) is 7.04. The van der Waals surface area contributed by atoms with Crippen LogP contribution in [-0.2, 0) is 0 Å². The van der Waals surface area contributed by atoms with E-state index >= 15 is 0 Å². The molecular weight excluding hydrogens is 332 g/mol. The number of rotatable bonds is 4. The number of Topliss-reactive ketones (excluding diaryl/α,β-unsaturated/α-hetero) is 1. The van der Waals surface area contributed by atoms with E-state index in [1.165, 1.54) is 11.8 Å². The molecule has 1 aliphatic rings. The van der Waals surface area contributed by atoms with E-state index in [-0.39, 0.29) is 11.7 Å². The minimum atomic E-state index is -0.439. The van der Waals surface area contributed by atoms with Crippen molar-refractivity contribution in [2.45, 2.75) is 18.1 Å². The number of carbonyl (C=O) groups is 1. The van der Waals surface area contributed by atoms with E-state index in [9.17, 15) is 10.1 Å². The zero-order valence-electron chi connectivity index (χ0n) is 14.0. The van der Waals surface area contributed by atoms with Gasteiger partial charge in [0.05, 0.1) is 29.0 Å². The predicted octanol–water partition coefficient (Wildman–Crippen LogP) is 3.78. The SMILES string of the molecule is COc1ccc(C2C(C#N)=C(N)SC2C(=O)c2ccc(C)cc2)cc1. The maximum atomic E-state index is 13.0. The third kappa shape index (κ3) is 3.26. The Balaban J connectivity index is 1.99. The number of carbonyl (C=O) groups excluding carboxylic acids is 1. The summed E-state index contributed by atoms with van der Waals surface area (Å²) >= 11 is 1.27. The molecule has 2 atom stereocenters. The van der Waals surface area contributed by atoms with Crippen LogP contribution in [0.3, 0.4) is 0 Å². The van der Waals surface area contributed by atoms with Gasteiger partial charge in [0.25, 0.3) is 0 Å². The van der Waals surface area contributed by atoms with E-state index < -0.39 is 5.25 Å². The Hall–Kier alpha value is -2.71. The van der Waals surface area contributed by atoms with E-state index in [1.807, 2.05) is 55.5 Å². The summed E-state index contributed by atoms with van der Waals surface area (Å²) in [6, 6.07) is 17.1. The summed E-state index contributed by atoms with van der Waals surface area (Å²) in [5, 5.41) is 9.52. The minimum Gasteiger partial charge on any atom is -0.497 e. The third-order valence-electron chi connectivity index (χ3n) is 4.32. The van der Waals surface area contributed by atoms with E-state index in [0.29, 0.717) is 16.2 Å². The van der Waals surface area contributed by atoms with Crippen LogP contribution in [-0.4, -0.2) is 18.1 Å². The van der Waals surface area contributed by atoms with Gasteiger partial charge in [0.2, 0.25) is 0 Å². The van der Waals surface area contributed by atoms with Gasteiger partial charge in [-0.1, -0.05) is 53.7 Å². The lowest BCUT2D eigenvalue weighted by atomic mass is 9.86. The fraction of sp³-hybridized carbons (Fsp3) is 0.200. The largest absolute Gasteiger partial charge is 0.497 e. The van der Waals surface area contributed by atoms with Crippen LogP contribution in [0.25, 0.3) is 0 Å². The van der Waals surface area contributed by atoms with Crippen LogP contribution in [0.1, 0.15) is 27.4 Å². The molecule has 2 aromatic carbocycles. The number of nitrogens with two attached hydrogens (primary N) is 1. The number of hydrogen-bond acceptors (Lipinski definition) is 5. The molecule has 2 N–H and O–H groups in total.